The molecule has 7 unspecified atom stereocenters. The molecule has 0 aliphatic carbocycles. The second kappa shape index (κ2) is 41.6. The van der Waals surface area contributed by atoms with E-state index in [0.717, 1.165) is 37.8 Å². The summed E-state index contributed by atoms with van der Waals surface area (Å²) in [6, 6.07) is 4.64. The maximum atomic E-state index is 14.8. The van der Waals surface area contributed by atoms with Crippen molar-refractivity contribution in [3.63, 3.8) is 0 Å². The van der Waals surface area contributed by atoms with Gasteiger partial charge < -0.3 is 70.3 Å². The van der Waals surface area contributed by atoms with Crippen LogP contribution in [0, 0.1) is 17.8 Å². The summed E-state index contributed by atoms with van der Waals surface area (Å²) < 4.78 is 33.0. The molecule has 0 spiro atoms. The molecule has 0 bridgehead atoms. The molecule has 28 heteroatoms. The number of hydrogen-bond acceptors (Lipinski definition) is 19. The zero-order chi connectivity index (χ0) is 65.9. The molecule has 89 heavy (non-hydrogen) atoms. The van der Waals surface area contributed by atoms with Gasteiger partial charge in [0.15, 0.2) is 0 Å². The smallest absolute Gasteiger partial charge is 0.426 e. The Kier molecular flexibility index (Phi) is 35.7. The summed E-state index contributed by atoms with van der Waals surface area (Å²) in [5.74, 6) is -3.70. The van der Waals surface area contributed by atoms with E-state index in [2.05, 4.69) is 61.5 Å². The number of thiazole rings is 1. The van der Waals surface area contributed by atoms with Gasteiger partial charge in [0.2, 0.25) is 35.4 Å². The van der Waals surface area contributed by atoms with Crippen molar-refractivity contribution in [1.82, 2.24) is 57.5 Å². The Morgan fingerprint density at radius 2 is 1.36 bits per heavy atom. The number of aromatic hydroxyl groups is 1. The van der Waals surface area contributed by atoms with Gasteiger partial charge in [-0.1, -0.05) is 73.4 Å². The third kappa shape index (κ3) is 30.6. The van der Waals surface area contributed by atoms with E-state index in [1.807, 2.05) is 39.6 Å². The number of likely N-dealkylation sites (tertiary alicyclic amines) is 1. The average molecular weight is 1280 g/mol. The van der Waals surface area contributed by atoms with Gasteiger partial charge in [-0.3, -0.25) is 43.9 Å². The number of ether oxygens (including phenoxy) is 6. The topological polar surface area (TPSA) is 345 Å². The van der Waals surface area contributed by atoms with E-state index in [1.54, 1.807) is 45.2 Å². The Morgan fingerprint density at radius 1 is 0.742 bits per heavy atom. The number of phenols is 1. The fourth-order valence-corrected chi connectivity index (χ4v) is 10.3. The first-order chi connectivity index (χ1) is 42.3. The minimum Gasteiger partial charge on any atom is -0.508 e. The minimum absolute atomic E-state index is 0.00280. The van der Waals surface area contributed by atoms with E-state index < -0.39 is 78.0 Å². The van der Waals surface area contributed by atoms with Crippen molar-refractivity contribution in [3.8, 4) is 5.75 Å². The fraction of sp³-hybridized carbons (Fsp3) is 0.705. The molecule has 0 radical (unpaired) electrons. The van der Waals surface area contributed by atoms with Crippen molar-refractivity contribution in [2.24, 2.45) is 17.8 Å². The zero-order valence-electron chi connectivity index (χ0n) is 54.1. The quantitative estimate of drug-likeness (QED) is 0.0336. The number of hydrogen-bond donors (Lipinski definition) is 9. The summed E-state index contributed by atoms with van der Waals surface area (Å²) in [6.07, 6.45) is 3.47. The second-order valence-corrected chi connectivity index (χ2v) is 24.3. The van der Waals surface area contributed by atoms with Crippen LogP contribution in [0.4, 0.5) is 9.59 Å². The van der Waals surface area contributed by atoms with Crippen LogP contribution >= 0.6 is 11.3 Å². The lowest BCUT2D eigenvalue weighted by Gasteiger charge is -2.40. The number of benzene rings is 1. The van der Waals surface area contributed by atoms with Crippen LogP contribution in [0.5, 0.6) is 5.75 Å². The first kappa shape index (κ1) is 76.5. The highest BCUT2D eigenvalue weighted by Gasteiger charge is 2.38. The van der Waals surface area contributed by atoms with Crippen LogP contribution in [0.2, 0.25) is 0 Å². The van der Waals surface area contributed by atoms with Gasteiger partial charge in [-0.15, -0.1) is 11.3 Å². The normalized spacial score (nSPS) is 15.4. The molecule has 27 nitrogen and oxygen atoms in total. The zero-order valence-corrected chi connectivity index (χ0v) is 54.9. The van der Waals surface area contributed by atoms with Crippen LogP contribution in [0.3, 0.4) is 0 Å². The van der Waals surface area contributed by atoms with Crippen molar-refractivity contribution in [2.75, 3.05) is 99.2 Å². The Hall–Kier alpha value is -6.72. The molecular weight excluding hydrogens is 1170 g/mol. The number of nitrogens with one attached hydrogen (secondary N) is 8. The van der Waals surface area contributed by atoms with Gasteiger partial charge in [-0.25, -0.2) is 20.0 Å². The van der Waals surface area contributed by atoms with Gasteiger partial charge in [0.25, 0.3) is 5.91 Å². The van der Waals surface area contributed by atoms with Crippen LogP contribution in [-0.2, 0) is 63.6 Å². The lowest BCUT2D eigenvalue weighted by molar-refractivity contribution is -0.143. The molecule has 1 aliphatic rings. The average Bonchev–Trinajstić information content (AvgIpc) is 3.87. The van der Waals surface area contributed by atoms with E-state index in [1.165, 1.54) is 23.5 Å². The largest absolute Gasteiger partial charge is 0.508 e. The molecule has 1 aromatic heterocycles. The van der Waals surface area contributed by atoms with E-state index >= 15 is 0 Å². The number of phenolic OH excluding ortho intramolecular Hbond substituents is 1. The van der Waals surface area contributed by atoms with Gasteiger partial charge in [-0.2, -0.15) is 0 Å². The molecule has 9 N–H and O–H groups in total. The lowest BCUT2D eigenvalue weighted by atomic mass is 9.92. The molecule has 502 valence electrons. The number of aromatic nitrogens is 1. The van der Waals surface area contributed by atoms with Crippen LogP contribution < -0.4 is 42.8 Å². The van der Waals surface area contributed by atoms with Crippen LogP contribution in [-0.4, -0.2) is 202 Å². The standard InChI is InChI=1S/C61H101N11O16S/c1-12-23-72(58(80)53(41(6)14-3)68-56(79)47-17-15-16-24-71(47)11)48(40(4)5)35-49(86-25-13-2)57-67-46(39-89-57)55(78)66-44(34-43-18-20-45(73)21-19-43)33-42(7)54(77)69-70-60(82)87-32-31-85-30-29-84-28-27-83-26-22-62-50(74)36-63-51(75)37-64-52(76)38-65-59(81)88-61(8,9)10/h18-21,39-42,44,47-49,53,73H,12-17,22-38H2,1-11H3,(H,62,74)(H,63,75)(H,64,76)(H,65,81)(H,66,78)(H,68,79)(H,69,77)(H,70,82). The SMILES string of the molecule is CCCOC(CC(C(C)C)N(CCC)C(=O)C(NC(=O)C1CCCCN1C)C(C)CC)c1nc(C(=O)NC(Cc2ccc(O)cc2)CC(C)C(=O)NNC(=O)OCCOCCOCCOCCNC(=O)CNC(=O)CNC(=O)CNC(=O)OC(C)(C)C)cs1. The van der Waals surface area contributed by atoms with Crippen molar-refractivity contribution >= 4 is 64.9 Å². The number of hydrazine groups is 1. The van der Waals surface area contributed by atoms with Crippen LogP contribution in [0.15, 0.2) is 29.6 Å². The number of rotatable bonds is 40. The van der Waals surface area contributed by atoms with Gasteiger partial charge >= 0.3 is 12.2 Å². The molecule has 2 aromatic rings. The molecule has 7 atom stereocenters. The highest BCUT2D eigenvalue weighted by atomic mass is 32.1. The molecule has 1 aromatic carbocycles. The van der Waals surface area contributed by atoms with Gasteiger partial charge in [0, 0.05) is 49.5 Å². The Labute approximate surface area is 528 Å². The van der Waals surface area contributed by atoms with Crippen molar-refractivity contribution in [1.29, 1.82) is 0 Å². The Morgan fingerprint density at radius 3 is 1.96 bits per heavy atom. The predicted octanol–water partition coefficient (Wildman–Crippen LogP) is 4.03. The molecular formula is C61H101N11O16S. The summed E-state index contributed by atoms with van der Waals surface area (Å²) >= 11 is 1.29. The van der Waals surface area contributed by atoms with Crippen LogP contribution in [0.1, 0.15) is 148 Å². The number of amides is 9. The molecule has 1 aliphatic heterocycles. The summed E-state index contributed by atoms with van der Waals surface area (Å²) in [5.41, 5.74) is 4.83. The van der Waals surface area contributed by atoms with Crippen molar-refractivity contribution in [2.45, 2.75) is 163 Å². The predicted molar refractivity (Wildman–Crippen MR) is 333 cm³/mol. The number of nitrogens with zero attached hydrogens (tertiary/aromatic N) is 3. The molecule has 1 saturated heterocycles. The first-order valence-electron chi connectivity index (χ1n) is 31.1. The Bertz CT molecular complexity index is 2500. The number of alkyl carbamates (subject to hydrolysis) is 1. The third-order valence-electron chi connectivity index (χ3n) is 14.4. The highest BCUT2D eigenvalue weighted by molar-refractivity contribution is 7.09. The maximum absolute atomic E-state index is 14.8. The summed E-state index contributed by atoms with van der Waals surface area (Å²) in [5, 5.41) is 28.0. The first-order valence-corrected chi connectivity index (χ1v) is 31.9. The molecule has 1 fully saturated rings. The number of carbonyl (C=O) groups is 9. The maximum Gasteiger partial charge on any atom is 0.426 e. The van der Waals surface area contributed by atoms with Crippen LogP contribution in [0.25, 0.3) is 0 Å². The highest BCUT2D eigenvalue weighted by Crippen LogP contribution is 2.32. The monoisotopic (exact) mass is 1280 g/mol. The van der Waals surface area contributed by atoms with Crippen molar-refractivity contribution < 1.29 is 76.7 Å². The third-order valence-corrected chi connectivity index (χ3v) is 15.3. The van der Waals surface area contributed by atoms with Gasteiger partial charge in [0.05, 0.1) is 58.8 Å². The minimum atomic E-state index is -0.919. The van der Waals surface area contributed by atoms with E-state index in [-0.39, 0.29) is 119 Å². The number of carbonyl (C=O) groups excluding carboxylic acids is 9. The summed E-state index contributed by atoms with van der Waals surface area (Å²) in [7, 11) is 1.96. The Balaban J connectivity index is 1.44. The molecule has 3 rings (SSSR count). The molecule has 9 amide bonds. The molecule has 0 saturated carbocycles. The number of piperidine rings is 1. The second-order valence-electron chi connectivity index (χ2n) is 23.4. The fourth-order valence-electron chi connectivity index (χ4n) is 9.40. The van der Waals surface area contributed by atoms with E-state index in [0.29, 0.717) is 43.8 Å². The van der Waals surface area contributed by atoms with Gasteiger partial charge in [0.1, 0.15) is 47.3 Å². The van der Waals surface area contributed by atoms with E-state index in [9.17, 15) is 48.3 Å². The lowest BCUT2D eigenvalue weighted by Crippen LogP contribution is -2.58. The summed E-state index contributed by atoms with van der Waals surface area (Å²) in [4.78, 5) is 125. The van der Waals surface area contributed by atoms with Gasteiger partial charge in [-0.05, 0) is 102 Å². The summed E-state index contributed by atoms with van der Waals surface area (Å²) in [6.45, 7) is 20.7. The van der Waals surface area contributed by atoms with E-state index in [4.69, 9.17) is 33.4 Å². The number of likely N-dealkylation sites (N-methyl/N-ethyl adjacent to an activating group) is 1. The molecule has 2 heterocycles. The van der Waals surface area contributed by atoms with Crippen molar-refractivity contribution in [3.05, 3.63) is 45.9 Å².